The number of thioether (sulfide) groups is 2. The average molecular weight is 283 g/mol. The predicted molar refractivity (Wildman–Crippen MR) is 82.7 cm³/mol. The van der Waals surface area contributed by atoms with Crippen LogP contribution in [0.25, 0.3) is 0 Å². The van der Waals surface area contributed by atoms with Gasteiger partial charge in [-0.05, 0) is 17.7 Å². The van der Waals surface area contributed by atoms with Crippen molar-refractivity contribution in [1.82, 2.24) is 0 Å². The Balaban J connectivity index is 2.08. The first kappa shape index (κ1) is 14.1. The maximum atomic E-state index is 6.41. The Labute approximate surface area is 118 Å². The van der Waals surface area contributed by atoms with E-state index in [0.29, 0.717) is 10.5 Å². The Morgan fingerprint density at radius 1 is 1.33 bits per heavy atom. The van der Waals surface area contributed by atoms with E-state index in [1.165, 1.54) is 5.56 Å². The molecule has 100 valence electrons. The first-order valence-electron chi connectivity index (χ1n) is 6.28. The lowest BCUT2D eigenvalue weighted by Gasteiger charge is -2.34. The molecule has 1 fully saturated rings. The second kappa shape index (κ2) is 6.22. The monoisotopic (exact) mass is 283 g/mol. The molecule has 0 aromatic heterocycles. The van der Waals surface area contributed by atoms with Crippen LogP contribution in [0.1, 0.15) is 25.5 Å². The van der Waals surface area contributed by atoms with E-state index in [1.807, 2.05) is 35.7 Å². The van der Waals surface area contributed by atoms with E-state index in [4.69, 9.17) is 10.5 Å². The summed E-state index contributed by atoms with van der Waals surface area (Å²) in [5, 5.41) is 1.89. The van der Waals surface area contributed by atoms with Gasteiger partial charge in [-0.2, -0.15) is 23.5 Å². The molecule has 1 aromatic carbocycles. The van der Waals surface area contributed by atoms with E-state index in [9.17, 15) is 0 Å². The largest absolute Gasteiger partial charge is 0.497 e. The molecule has 4 heteroatoms. The molecule has 0 radical (unpaired) electrons. The molecular formula is C14H21NOS2. The van der Waals surface area contributed by atoms with Gasteiger partial charge < -0.3 is 10.5 Å². The van der Waals surface area contributed by atoms with Crippen LogP contribution in [0.15, 0.2) is 24.3 Å². The summed E-state index contributed by atoms with van der Waals surface area (Å²) in [6, 6.07) is 8.22. The summed E-state index contributed by atoms with van der Waals surface area (Å²) in [6.07, 6.45) is 0. The number of hydrogen-bond acceptors (Lipinski definition) is 4. The average Bonchev–Trinajstić information content (AvgIpc) is 2.41. The van der Waals surface area contributed by atoms with Gasteiger partial charge in [-0.15, -0.1) is 0 Å². The smallest absolute Gasteiger partial charge is 0.119 e. The molecular weight excluding hydrogens is 262 g/mol. The van der Waals surface area contributed by atoms with E-state index in [1.54, 1.807) is 7.11 Å². The quantitative estimate of drug-likeness (QED) is 0.923. The number of benzene rings is 1. The van der Waals surface area contributed by atoms with E-state index < -0.39 is 0 Å². The van der Waals surface area contributed by atoms with Crippen LogP contribution < -0.4 is 10.5 Å². The van der Waals surface area contributed by atoms with E-state index in [0.717, 1.165) is 16.8 Å². The lowest BCUT2D eigenvalue weighted by molar-refractivity contribution is 0.414. The van der Waals surface area contributed by atoms with Crippen LogP contribution in [0, 0.1) is 0 Å². The van der Waals surface area contributed by atoms with Crippen molar-refractivity contribution in [2.75, 3.05) is 12.9 Å². The summed E-state index contributed by atoms with van der Waals surface area (Å²) in [4.78, 5) is 0. The standard InChI is InChI=1S/C14H21NOS2/c1-9-10(2)18-13(8-17-9)14(15)11-5-4-6-12(7-11)16-3/h4-7,9-10,13-14H,8,15H2,1-3H3. The van der Waals surface area contributed by atoms with Gasteiger partial charge in [-0.25, -0.2) is 0 Å². The number of rotatable bonds is 3. The van der Waals surface area contributed by atoms with Gasteiger partial charge in [0.25, 0.3) is 0 Å². The van der Waals surface area contributed by atoms with Crippen LogP contribution in [0.2, 0.25) is 0 Å². The lowest BCUT2D eigenvalue weighted by Crippen LogP contribution is -2.34. The van der Waals surface area contributed by atoms with Crippen molar-refractivity contribution in [2.45, 2.75) is 35.6 Å². The zero-order valence-corrected chi connectivity index (χ0v) is 12.8. The maximum Gasteiger partial charge on any atom is 0.119 e. The molecule has 1 aliphatic rings. The zero-order valence-electron chi connectivity index (χ0n) is 11.1. The van der Waals surface area contributed by atoms with Crippen molar-refractivity contribution in [3.05, 3.63) is 29.8 Å². The molecule has 1 heterocycles. The molecule has 2 N–H and O–H groups in total. The fourth-order valence-electron chi connectivity index (χ4n) is 2.06. The molecule has 0 bridgehead atoms. The minimum absolute atomic E-state index is 0.0903. The third-order valence-corrected chi connectivity index (χ3v) is 6.97. The summed E-state index contributed by atoms with van der Waals surface area (Å²) >= 11 is 4.06. The third kappa shape index (κ3) is 3.16. The fourth-order valence-corrected chi connectivity index (χ4v) is 5.11. The summed E-state index contributed by atoms with van der Waals surface area (Å²) in [5.74, 6) is 2.02. The second-order valence-electron chi connectivity index (χ2n) is 4.72. The molecule has 0 aliphatic carbocycles. The molecule has 0 spiro atoms. The van der Waals surface area contributed by atoms with Gasteiger partial charge in [0.05, 0.1) is 7.11 Å². The van der Waals surface area contributed by atoms with Gasteiger partial charge in [0.1, 0.15) is 5.75 Å². The topological polar surface area (TPSA) is 35.2 Å². The minimum Gasteiger partial charge on any atom is -0.497 e. The number of methoxy groups -OCH3 is 1. The summed E-state index contributed by atoms with van der Waals surface area (Å²) in [7, 11) is 1.69. The van der Waals surface area contributed by atoms with Crippen LogP contribution in [0.5, 0.6) is 5.75 Å². The van der Waals surface area contributed by atoms with Crippen LogP contribution in [-0.4, -0.2) is 28.6 Å². The lowest BCUT2D eigenvalue weighted by atomic mass is 10.0. The molecule has 2 nitrogen and oxygen atoms in total. The van der Waals surface area contributed by atoms with Gasteiger partial charge in [-0.1, -0.05) is 26.0 Å². The van der Waals surface area contributed by atoms with Crippen LogP contribution in [-0.2, 0) is 0 Å². The highest BCUT2D eigenvalue weighted by Gasteiger charge is 2.30. The van der Waals surface area contributed by atoms with Gasteiger partial charge in [0.2, 0.25) is 0 Å². The van der Waals surface area contributed by atoms with E-state index in [-0.39, 0.29) is 6.04 Å². The molecule has 1 aromatic rings. The highest BCUT2D eigenvalue weighted by Crippen LogP contribution is 2.40. The number of hydrogen-bond donors (Lipinski definition) is 1. The summed E-state index contributed by atoms with van der Waals surface area (Å²) < 4.78 is 5.26. The number of nitrogens with two attached hydrogens (primary N) is 1. The SMILES string of the molecule is COc1cccc(C(N)C2CSC(C)C(C)S2)c1. The summed E-state index contributed by atoms with van der Waals surface area (Å²) in [5.41, 5.74) is 7.59. The molecule has 1 aliphatic heterocycles. The van der Waals surface area contributed by atoms with Gasteiger partial charge in [-0.3, -0.25) is 0 Å². The van der Waals surface area contributed by atoms with Crippen LogP contribution in [0.4, 0.5) is 0 Å². The van der Waals surface area contributed by atoms with Crippen molar-refractivity contribution in [2.24, 2.45) is 5.73 Å². The van der Waals surface area contributed by atoms with Crippen molar-refractivity contribution in [3.63, 3.8) is 0 Å². The highest BCUT2D eigenvalue weighted by molar-refractivity contribution is 8.07. The highest BCUT2D eigenvalue weighted by atomic mass is 32.2. The Hall–Kier alpha value is -0.320. The van der Waals surface area contributed by atoms with Crippen LogP contribution >= 0.6 is 23.5 Å². The molecule has 2 rings (SSSR count). The Bertz CT molecular complexity index is 399. The third-order valence-electron chi connectivity index (χ3n) is 3.45. The van der Waals surface area contributed by atoms with Gasteiger partial charge in [0, 0.05) is 27.5 Å². The molecule has 4 atom stereocenters. The zero-order chi connectivity index (χ0) is 13.1. The molecule has 18 heavy (non-hydrogen) atoms. The van der Waals surface area contributed by atoms with Crippen molar-refractivity contribution >= 4 is 23.5 Å². The van der Waals surface area contributed by atoms with Gasteiger partial charge >= 0.3 is 0 Å². The Morgan fingerprint density at radius 2 is 2.11 bits per heavy atom. The first-order valence-corrected chi connectivity index (χ1v) is 8.27. The Morgan fingerprint density at radius 3 is 2.78 bits per heavy atom. The fraction of sp³-hybridized carbons (Fsp3) is 0.571. The predicted octanol–water partition coefficient (Wildman–Crippen LogP) is 3.32. The molecule has 0 saturated carbocycles. The maximum absolute atomic E-state index is 6.41. The summed E-state index contributed by atoms with van der Waals surface area (Å²) in [6.45, 7) is 4.60. The Kier molecular flexibility index (Phi) is 4.87. The second-order valence-corrected chi connectivity index (χ2v) is 7.75. The number of ether oxygens (including phenoxy) is 1. The van der Waals surface area contributed by atoms with Crippen molar-refractivity contribution in [1.29, 1.82) is 0 Å². The normalized spacial score (nSPS) is 29.9. The molecule has 0 amide bonds. The molecule has 1 saturated heterocycles. The first-order chi connectivity index (χ1) is 8.61. The van der Waals surface area contributed by atoms with Gasteiger partial charge in [0.15, 0.2) is 0 Å². The van der Waals surface area contributed by atoms with Crippen molar-refractivity contribution < 1.29 is 4.74 Å². The van der Waals surface area contributed by atoms with Crippen LogP contribution in [0.3, 0.4) is 0 Å². The van der Waals surface area contributed by atoms with Crippen molar-refractivity contribution in [3.8, 4) is 5.75 Å². The van der Waals surface area contributed by atoms with E-state index in [2.05, 4.69) is 26.0 Å². The minimum atomic E-state index is 0.0903. The van der Waals surface area contributed by atoms with E-state index >= 15 is 0 Å². The molecule has 4 unspecified atom stereocenters.